The molecule has 1 aromatic rings. The highest BCUT2D eigenvalue weighted by Gasteiger charge is 2.33. The number of hydrogen-bond donors (Lipinski definition) is 2. The molecular formula is C17H19F3N2O3. The summed E-state index contributed by atoms with van der Waals surface area (Å²) in [6.45, 7) is 0. The molecule has 8 heteroatoms. The molecule has 1 fully saturated rings. The van der Waals surface area contributed by atoms with Crippen LogP contribution in [0, 0.1) is 5.92 Å². The van der Waals surface area contributed by atoms with Gasteiger partial charge < -0.3 is 11.1 Å². The van der Waals surface area contributed by atoms with Crippen LogP contribution in [-0.4, -0.2) is 23.6 Å². The molecule has 2 atom stereocenters. The summed E-state index contributed by atoms with van der Waals surface area (Å²) in [5, 5.41) is 2.47. The van der Waals surface area contributed by atoms with Crippen LogP contribution >= 0.6 is 0 Å². The van der Waals surface area contributed by atoms with E-state index in [4.69, 9.17) is 5.73 Å². The summed E-state index contributed by atoms with van der Waals surface area (Å²) in [7, 11) is 0. The molecule has 5 nitrogen and oxygen atoms in total. The maximum atomic E-state index is 12.7. The van der Waals surface area contributed by atoms with Crippen molar-refractivity contribution in [2.45, 2.75) is 44.3 Å². The highest BCUT2D eigenvalue weighted by molar-refractivity contribution is 5.89. The van der Waals surface area contributed by atoms with Crippen molar-refractivity contribution >= 4 is 17.6 Å². The van der Waals surface area contributed by atoms with Gasteiger partial charge in [-0.2, -0.15) is 13.2 Å². The SMILES string of the molecule is NC(=O)[C@@H](NC(=O)Cc1cccc(C(F)(F)F)c1)[C@@H]1CCCC(=O)C1. The molecule has 0 saturated heterocycles. The van der Waals surface area contributed by atoms with Crippen LogP contribution in [0.2, 0.25) is 0 Å². The molecule has 0 aliphatic heterocycles. The third-order valence-corrected chi connectivity index (χ3v) is 4.23. The molecule has 3 N–H and O–H groups in total. The molecule has 0 bridgehead atoms. The van der Waals surface area contributed by atoms with Gasteiger partial charge in [0.25, 0.3) is 0 Å². The van der Waals surface area contributed by atoms with Gasteiger partial charge in [0.2, 0.25) is 11.8 Å². The lowest BCUT2D eigenvalue weighted by molar-refractivity contribution is -0.137. The number of hydrogen-bond acceptors (Lipinski definition) is 3. The second kappa shape index (κ2) is 7.67. The Morgan fingerprint density at radius 1 is 1.32 bits per heavy atom. The number of alkyl halides is 3. The van der Waals surface area contributed by atoms with Gasteiger partial charge in [-0.05, 0) is 30.4 Å². The fraction of sp³-hybridized carbons (Fsp3) is 0.471. The zero-order chi connectivity index (χ0) is 18.6. The maximum Gasteiger partial charge on any atom is 0.416 e. The minimum atomic E-state index is -4.50. The van der Waals surface area contributed by atoms with E-state index in [0.29, 0.717) is 19.3 Å². The molecule has 2 amide bonds. The smallest absolute Gasteiger partial charge is 0.368 e. The quantitative estimate of drug-likeness (QED) is 0.845. The van der Waals surface area contributed by atoms with Crippen molar-refractivity contribution in [3.05, 3.63) is 35.4 Å². The number of primary amides is 1. The van der Waals surface area contributed by atoms with Crippen molar-refractivity contribution in [3.8, 4) is 0 Å². The largest absolute Gasteiger partial charge is 0.416 e. The molecular weight excluding hydrogens is 337 g/mol. The molecule has 136 valence electrons. The Hall–Kier alpha value is -2.38. The number of Topliss-reactive ketones (excluding diaryl/α,β-unsaturated/α-hetero) is 1. The van der Waals surface area contributed by atoms with Crippen LogP contribution in [0.4, 0.5) is 13.2 Å². The zero-order valence-electron chi connectivity index (χ0n) is 13.4. The lowest BCUT2D eigenvalue weighted by atomic mass is 9.82. The summed E-state index contributed by atoms with van der Waals surface area (Å²) in [6, 6.07) is 3.43. The van der Waals surface area contributed by atoms with Gasteiger partial charge in [0.15, 0.2) is 0 Å². The highest BCUT2D eigenvalue weighted by Crippen LogP contribution is 2.29. The maximum absolute atomic E-state index is 12.7. The van der Waals surface area contributed by atoms with Crippen molar-refractivity contribution < 1.29 is 27.6 Å². The van der Waals surface area contributed by atoms with E-state index in [9.17, 15) is 27.6 Å². The third kappa shape index (κ3) is 5.30. The minimum Gasteiger partial charge on any atom is -0.368 e. The van der Waals surface area contributed by atoms with E-state index in [0.717, 1.165) is 12.1 Å². The van der Waals surface area contributed by atoms with Crippen molar-refractivity contribution in [2.75, 3.05) is 0 Å². The summed E-state index contributed by atoms with van der Waals surface area (Å²) in [4.78, 5) is 35.3. The number of amides is 2. The monoisotopic (exact) mass is 356 g/mol. The van der Waals surface area contributed by atoms with Gasteiger partial charge >= 0.3 is 6.18 Å². The van der Waals surface area contributed by atoms with Gasteiger partial charge in [0, 0.05) is 12.8 Å². The molecule has 0 spiro atoms. The van der Waals surface area contributed by atoms with Gasteiger partial charge in [0.05, 0.1) is 12.0 Å². The molecule has 1 aliphatic rings. The Bertz CT molecular complexity index is 673. The lowest BCUT2D eigenvalue weighted by Crippen LogP contribution is -2.50. The first-order valence-corrected chi connectivity index (χ1v) is 7.93. The number of benzene rings is 1. The summed E-state index contributed by atoms with van der Waals surface area (Å²) < 4.78 is 38.1. The summed E-state index contributed by atoms with van der Waals surface area (Å²) >= 11 is 0. The van der Waals surface area contributed by atoms with Gasteiger partial charge in [-0.15, -0.1) is 0 Å². The van der Waals surface area contributed by atoms with Crippen LogP contribution < -0.4 is 11.1 Å². The minimum absolute atomic E-state index is 0.00891. The first kappa shape index (κ1) is 19.0. The fourth-order valence-electron chi connectivity index (χ4n) is 3.03. The fourth-order valence-corrected chi connectivity index (χ4v) is 3.03. The van der Waals surface area contributed by atoms with Gasteiger partial charge in [-0.25, -0.2) is 0 Å². The summed E-state index contributed by atoms with van der Waals surface area (Å²) in [6.07, 6.45) is -2.99. The van der Waals surface area contributed by atoms with Gasteiger partial charge in [0.1, 0.15) is 11.8 Å². The van der Waals surface area contributed by atoms with Crippen molar-refractivity contribution in [2.24, 2.45) is 11.7 Å². The summed E-state index contributed by atoms with van der Waals surface area (Å²) in [5.41, 5.74) is 4.65. The van der Waals surface area contributed by atoms with Crippen molar-refractivity contribution in [3.63, 3.8) is 0 Å². The Morgan fingerprint density at radius 2 is 2.04 bits per heavy atom. The number of rotatable bonds is 5. The number of ketones is 1. The number of halogens is 3. The molecule has 25 heavy (non-hydrogen) atoms. The zero-order valence-corrected chi connectivity index (χ0v) is 13.4. The standard InChI is InChI=1S/C17H19F3N2O3/c18-17(19,20)12-5-1-3-10(7-12)8-14(24)22-15(16(21)25)11-4-2-6-13(23)9-11/h1,3,5,7,11,15H,2,4,6,8-9H2,(H2,21,25)(H,22,24)/t11-,15+/m1/s1. The van der Waals surface area contributed by atoms with Crippen LogP contribution in [0.25, 0.3) is 0 Å². The molecule has 0 radical (unpaired) electrons. The second-order valence-corrected chi connectivity index (χ2v) is 6.22. The van der Waals surface area contributed by atoms with Crippen LogP contribution in [0.3, 0.4) is 0 Å². The second-order valence-electron chi connectivity index (χ2n) is 6.22. The molecule has 0 heterocycles. The van der Waals surface area contributed by atoms with Crippen LogP contribution in [0.15, 0.2) is 24.3 Å². The predicted octanol–water partition coefficient (Wildman–Crippen LogP) is 1.98. The van der Waals surface area contributed by atoms with E-state index in [1.54, 1.807) is 0 Å². The van der Waals surface area contributed by atoms with Gasteiger partial charge in [-0.1, -0.05) is 18.2 Å². The average Bonchev–Trinajstić information content (AvgIpc) is 2.51. The summed E-state index contributed by atoms with van der Waals surface area (Å²) in [5.74, 6) is -1.72. The topological polar surface area (TPSA) is 89.3 Å². The molecule has 1 aromatic carbocycles. The predicted molar refractivity (Wildman–Crippen MR) is 83.2 cm³/mol. The van der Waals surface area contributed by atoms with E-state index in [1.807, 2.05) is 0 Å². The Morgan fingerprint density at radius 3 is 2.64 bits per heavy atom. The van der Waals surface area contributed by atoms with Crippen LogP contribution in [0.1, 0.15) is 36.8 Å². The molecule has 2 rings (SSSR count). The average molecular weight is 356 g/mol. The molecule has 0 aromatic heterocycles. The van der Waals surface area contributed by atoms with Gasteiger partial charge in [-0.3, -0.25) is 14.4 Å². The van der Waals surface area contributed by atoms with Crippen LogP contribution in [0.5, 0.6) is 0 Å². The first-order valence-electron chi connectivity index (χ1n) is 7.93. The Kier molecular flexibility index (Phi) is 5.81. The Labute approximate surface area is 142 Å². The third-order valence-electron chi connectivity index (χ3n) is 4.23. The lowest BCUT2D eigenvalue weighted by Gasteiger charge is -2.28. The number of carbonyl (C=O) groups excluding carboxylic acids is 3. The first-order chi connectivity index (χ1) is 11.7. The van der Waals surface area contributed by atoms with Crippen molar-refractivity contribution in [1.29, 1.82) is 0 Å². The Balaban J connectivity index is 2.04. The highest BCUT2D eigenvalue weighted by atomic mass is 19.4. The molecule has 1 saturated carbocycles. The normalized spacial score (nSPS) is 19.3. The van der Waals surface area contributed by atoms with E-state index in [1.165, 1.54) is 12.1 Å². The van der Waals surface area contributed by atoms with Crippen molar-refractivity contribution in [1.82, 2.24) is 5.32 Å². The van der Waals surface area contributed by atoms with E-state index in [2.05, 4.69) is 5.32 Å². The number of nitrogens with two attached hydrogens (primary N) is 1. The van der Waals surface area contributed by atoms with E-state index >= 15 is 0 Å². The van der Waals surface area contributed by atoms with Crippen LogP contribution in [-0.2, 0) is 27.0 Å². The molecule has 1 aliphatic carbocycles. The number of nitrogens with one attached hydrogen (secondary N) is 1. The molecule has 0 unspecified atom stereocenters. The number of carbonyl (C=O) groups is 3. The van der Waals surface area contributed by atoms with E-state index < -0.39 is 29.6 Å². The van der Waals surface area contributed by atoms with E-state index in [-0.39, 0.29) is 30.1 Å².